The minimum Gasteiger partial charge on any atom is -0.494 e. The Hall–Kier alpha value is -3.16. The smallest absolute Gasteiger partial charge is 0.296 e. The summed E-state index contributed by atoms with van der Waals surface area (Å²) in [6.07, 6.45) is 3.42. The number of fused-ring (bicyclic) bond motifs is 2. The molecule has 1 atom stereocenters. The zero-order valence-corrected chi connectivity index (χ0v) is 20.6. The second-order valence-corrected chi connectivity index (χ2v) is 9.35. The number of pyridine rings is 1. The van der Waals surface area contributed by atoms with E-state index >= 15 is 0 Å². The molecule has 0 saturated heterocycles. The molecule has 0 bridgehead atoms. The van der Waals surface area contributed by atoms with Crippen LogP contribution in [0.4, 0.5) is 5.82 Å². The molecule has 0 fully saturated rings. The molecular formula is C26H20BrClN2O4. The van der Waals surface area contributed by atoms with Crippen LogP contribution in [0, 0.1) is 0 Å². The fourth-order valence-corrected chi connectivity index (χ4v) is 4.59. The summed E-state index contributed by atoms with van der Waals surface area (Å²) in [4.78, 5) is 33.1. The van der Waals surface area contributed by atoms with Gasteiger partial charge in [-0.25, -0.2) is 4.98 Å². The predicted molar refractivity (Wildman–Crippen MR) is 135 cm³/mol. The van der Waals surface area contributed by atoms with Crippen LogP contribution in [0.25, 0.3) is 11.0 Å². The number of amides is 1. The van der Waals surface area contributed by atoms with Crippen molar-refractivity contribution in [1.29, 1.82) is 0 Å². The van der Waals surface area contributed by atoms with Crippen molar-refractivity contribution >= 4 is 50.2 Å². The van der Waals surface area contributed by atoms with Crippen molar-refractivity contribution in [2.24, 2.45) is 0 Å². The third-order valence-electron chi connectivity index (χ3n) is 5.73. The fourth-order valence-electron chi connectivity index (χ4n) is 4.12. The lowest BCUT2D eigenvalue weighted by Gasteiger charge is -2.24. The van der Waals surface area contributed by atoms with Gasteiger partial charge < -0.3 is 9.15 Å². The number of benzene rings is 2. The minimum absolute atomic E-state index is 0.0128. The Morgan fingerprint density at radius 2 is 2.00 bits per heavy atom. The first kappa shape index (κ1) is 22.6. The van der Waals surface area contributed by atoms with Crippen molar-refractivity contribution in [3.8, 4) is 5.75 Å². The number of ether oxygens (including phenoxy) is 1. The molecule has 1 aliphatic heterocycles. The largest absolute Gasteiger partial charge is 0.494 e. The molecule has 0 radical (unpaired) electrons. The highest BCUT2D eigenvalue weighted by Gasteiger charge is 2.44. The molecule has 1 amide bonds. The zero-order valence-electron chi connectivity index (χ0n) is 18.3. The molecule has 3 heterocycles. The summed E-state index contributed by atoms with van der Waals surface area (Å²) in [5, 5.41) is 0.841. The van der Waals surface area contributed by atoms with E-state index in [1.165, 1.54) is 11.1 Å². The van der Waals surface area contributed by atoms with Crippen LogP contribution in [0.15, 0.2) is 74.5 Å². The van der Waals surface area contributed by atoms with Gasteiger partial charge in [0.05, 0.1) is 28.6 Å². The first-order valence-electron chi connectivity index (χ1n) is 10.9. The van der Waals surface area contributed by atoms with Gasteiger partial charge in [0.2, 0.25) is 5.76 Å². The van der Waals surface area contributed by atoms with E-state index in [0.717, 1.165) is 22.9 Å². The van der Waals surface area contributed by atoms with Gasteiger partial charge in [0, 0.05) is 10.7 Å². The first-order valence-corrected chi connectivity index (χ1v) is 12.1. The van der Waals surface area contributed by atoms with Crippen LogP contribution in [0.3, 0.4) is 0 Å². The number of aromatic nitrogens is 1. The van der Waals surface area contributed by atoms with Crippen molar-refractivity contribution in [3.05, 3.63) is 97.4 Å². The molecule has 1 unspecified atom stereocenters. The molecule has 2 aromatic heterocycles. The van der Waals surface area contributed by atoms with Gasteiger partial charge in [-0.15, -0.1) is 0 Å². The Kier molecular flexibility index (Phi) is 6.15. The van der Waals surface area contributed by atoms with Gasteiger partial charge in [0.25, 0.3) is 5.91 Å². The van der Waals surface area contributed by atoms with Crippen LogP contribution in [-0.2, 0) is 0 Å². The number of carbonyl (C=O) groups is 1. The SMILES string of the molecule is CCCCOc1cccc(C2c3c(oc4ccc(Br)cc4c3=O)C(=O)N2c2ccc(Cl)cn2)c1. The number of hydrogen-bond acceptors (Lipinski definition) is 5. The van der Waals surface area contributed by atoms with Gasteiger partial charge >= 0.3 is 0 Å². The lowest BCUT2D eigenvalue weighted by molar-refractivity contribution is 0.0970. The van der Waals surface area contributed by atoms with Crippen molar-refractivity contribution in [3.63, 3.8) is 0 Å². The highest BCUT2D eigenvalue weighted by molar-refractivity contribution is 9.10. The molecule has 0 aliphatic carbocycles. The van der Waals surface area contributed by atoms with Gasteiger partial charge in [-0.2, -0.15) is 0 Å². The molecule has 172 valence electrons. The summed E-state index contributed by atoms with van der Waals surface area (Å²) in [5.74, 6) is 0.615. The number of carbonyl (C=O) groups excluding carboxylic acids is 1. The summed E-state index contributed by atoms with van der Waals surface area (Å²) < 4.78 is 12.6. The van der Waals surface area contributed by atoms with E-state index < -0.39 is 11.9 Å². The Labute approximate surface area is 209 Å². The van der Waals surface area contributed by atoms with Gasteiger partial charge in [0.15, 0.2) is 5.43 Å². The molecule has 6 nitrogen and oxygen atoms in total. The third kappa shape index (κ3) is 3.99. The Morgan fingerprint density at radius 3 is 2.76 bits per heavy atom. The number of unbranched alkanes of at least 4 members (excludes halogenated alkanes) is 1. The van der Waals surface area contributed by atoms with Crippen LogP contribution in [-0.4, -0.2) is 17.5 Å². The molecule has 0 saturated carbocycles. The fraction of sp³-hybridized carbons (Fsp3) is 0.192. The molecule has 1 aliphatic rings. The molecule has 8 heteroatoms. The van der Waals surface area contributed by atoms with E-state index in [2.05, 4.69) is 27.8 Å². The average molecular weight is 540 g/mol. The summed E-state index contributed by atoms with van der Waals surface area (Å²) in [6.45, 7) is 2.68. The second-order valence-electron chi connectivity index (χ2n) is 8.00. The van der Waals surface area contributed by atoms with Gasteiger partial charge in [0.1, 0.15) is 17.2 Å². The molecule has 0 N–H and O–H groups in total. The standard InChI is InChI=1S/C26H20BrClN2O4/c1-2-3-11-33-18-6-4-5-15(12-18)23-22-24(31)19-13-16(27)7-9-20(19)34-25(22)26(32)30(23)21-10-8-17(28)14-29-21/h4-10,12-14,23H,2-3,11H2,1H3. The Bertz CT molecular complexity index is 1450. The highest BCUT2D eigenvalue weighted by atomic mass is 79.9. The highest BCUT2D eigenvalue weighted by Crippen LogP contribution is 2.41. The lowest BCUT2D eigenvalue weighted by Crippen LogP contribution is -2.30. The van der Waals surface area contributed by atoms with E-state index in [4.69, 9.17) is 20.8 Å². The van der Waals surface area contributed by atoms with E-state index in [0.29, 0.717) is 34.2 Å². The molecule has 4 aromatic rings. The zero-order chi connectivity index (χ0) is 23.8. The van der Waals surface area contributed by atoms with Gasteiger partial charge in [-0.3, -0.25) is 14.5 Å². The second kappa shape index (κ2) is 9.24. The van der Waals surface area contributed by atoms with Crippen LogP contribution >= 0.6 is 27.5 Å². The molecule has 34 heavy (non-hydrogen) atoms. The van der Waals surface area contributed by atoms with Crippen LogP contribution in [0.2, 0.25) is 5.02 Å². The molecule has 5 rings (SSSR count). The third-order valence-corrected chi connectivity index (χ3v) is 6.45. The average Bonchev–Trinajstić information content (AvgIpc) is 3.13. The minimum atomic E-state index is -0.731. The normalized spacial score (nSPS) is 15.1. The topological polar surface area (TPSA) is 72.6 Å². The lowest BCUT2D eigenvalue weighted by atomic mass is 9.98. The maximum atomic E-state index is 13.7. The maximum Gasteiger partial charge on any atom is 0.296 e. The van der Waals surface area contributed by atoms with Gasteiger partial charge in [-0.05, 0) is 54.4 Å². The van der Waals surface area contributed by atoms with Crippen molar-refractivity contribution in [1.82, 2.24) is 4.98 Å². The Morgan fingerprint density at radius 1 is 1.15 bits per heavy atom. The first-order chi connectivity index (χ1) is 16.5. The van der Waals surface area contributed by atoms with E-state index in [9.17, 15) is 9.59 Å². The van der Waals surface area contributed by atoms with E-state index in [-0.39, 0.29) is 16.8 Å². The Balaban J connectivity index is 1.71. The monoisotopic (exact) mass is 538 g/mol. The van der Waals surface area contributed by atoms with Crippen molar-refractivity contribution in [2.75, 3.05) is 11.5 Å². The number of rotatable bonds is 6. The van der Waals surface area contributed by atoms with Crippen LogP contribution in [0.5, 0.6) is 5.75 Å². The van der Waals surface area contributed by atoms with Crippen LogP contribution in [0.1, 0.15) is 47.5 Å². The number of anilines is 1. The predicted octanol–water partition coefficient (Wildman–Crippen LogP) is 6.53. The van der Waals surface area contributed by atoms with E-state index in [1.807, 2.05) is 24.3 Å². The molecule has 0 spiro atoms. The quantitative estimate of drug-likeness (QED) is 0.260. The number of nitrogens with zero attached hydrogens (tertiary/aromatic N) is 2. The summed E-state index contributed by atoms with van der Waals surface area (Å²) in [6, 6.07) is 15.2. The summed E-state index contributed by atoms with van der Waals surface area (Å²) >= 11 is 9.45. The molecular weight excluding hydrogens is 520 g/mol. The van der Waals surface area contributed by atoms with E-state index in [1.54, 1.807) is 30.3 Å². The van der Waals surface area contributed by atoms with Gasteiger partial charge in [-0.1, -0.05) is 53.0 Å². The number of halogens is 2. The summed E-state index contributed by atoms with van der Waals surface area (Å²) in [7, 11) is 0. The number of hydrogen-bond donors (Lipinski definition) is 0. The molecule has 2 aromatic carbocycles. The summed E-state index contributed by atoms with van der Waals surface area (Å²) in [5.41, 5.74) is 1.09. The van der Waals surface area contributed by atoms with Crippen molar-refractivity contribution in [2.45, 2.75) is 25.8 Å². The maximum absolute atomic E-state index is 13.7. The van der Waals surface area contributed by atoms with Crippen LogP contribution < -0.4 is 15.1 Å². The van der Waals surface area contributed by atoms with Crippen molar-refractivity contribution < 1.29 is 13.9 Å².